The average molecular weight is 352 g/mol. The molecule has 0 saturated heterocycles. The van der Waals surface area contributed by atoms with Gasteiger partial charge in [-0.25, -0.2) is 0 Å². The minimum absolute atomic E-state index is 0. The monoisotopic (exact) mass is 352 g/mol. The minimum atomic E-state index is -1.49. The minimum Gasteiger partial charge on any atom is -0.549 e. The Morgan fingerprint density at radius 2 is 1.00 bits per heavy atom. The molecule has 0 aliphatic carbocycles. The normalized spacial score (nSPS) is 9.73. The molecule has 0 aromatic rings. The van der Waals surface area contributed by atoms with Crippen molar-refractivity contribution in [1.82, 2.24) is 9.80 Å². The van der Waals surface area contributed by atoms with E-state index >= 15 is 0 Å². The molecule has 0 unspecified atom stereocenters. The van der Waals surface area contributed by atoms with Crippen molar-refractivity contribution in [2.45, 2.75) is 0 Å². The van der Waals surface area contributed by atoms with Crippen LogP contribution in [-0.4, -0.2) is 83.2 Å². The van der Waals surface area contributed by atoms with Crippen molar-refractivity contribution in [2.24, 2.45) is 0 Å². The SMILES string of the molecule is O=C([O-])CN(CCN(CC(=O)[O-])CC(=O)O)CC(=O)O.[K+].[Na+]. The molecule has 0 aromatic carbocycles. The van der Waals surface area contributed by atoms with E-state index in [0.717, 1.165) is 9.80 Å². The number of hydrogen-bond donors (Lipinski definition) is 2. The predicted molar refractivity (Wildman–Crippen MR) is 58.2 cm³/mol. The molecular formula is C10H14KN2NaO8. The number of rotatable bonds is 11. The maximum absolute atomic E-state index is 10.5. The van der Waals surface area contributed by atoms with Crippen LogP contribution in [0.4, 0.5) is 0 Å². The summed E-state index contributed by atoms with van der Waals surface area (Å²) in [7, 11) is 0. The van der Waals surface area contributed by atoms with Crippen LogP contribution in [0.1, 0.15) is 0 Å². The molecule has 22 heavy (non-hydrogen) atoms. The first kappa shape index (κ1) is 27.3. The summed E-state index contributed by atoms with van der Waals surface area (Å²) in [5.74, 6) is -5.52. The zero-order valence-electron chi connectivity index (χ0n) is 12.5. The Kier molecular flexibility index (Phi) is 18.6. The third-order valence-electron chi connectivity index (χ3n) is 2.16. The standard InChI is InChI=1S/C10H16N2O8.K.Na/c13-7(14)3-11(4-8(15)16)1-2-12(5-9(17)18)6-10(19)20;;/h1-6H2,(H,13,14)(H,15,16)(H,17,18)(H,19,20);;/q;2*+1/p-2. The van der Waals surface area contributed by atoms with Gasteiger partial charge in [0.05, 0.1) is 25.0 Å². The molecule has 0 aliphatic heterocycles. The molecule has 0 amide bonds. The summed E-state index contributed by atoms with van der Waals surface area (Å²) < 4.78 is 0. The van der Waals surface area contributed by atoms with Crippen LogP contribution < -0.4 is 91.2 Å². The Labute approximate surface area is 191 Å². The van der Waals surface area contributed by atoms with Crippen molar-refractivity contribution in [3.63, 3.8) is 0 Å². The molecule has 114 valence electrons. The summed E-state index contributed by atoms with van der Waals surface area (Å²) in [5.41, 5.74) is 0. The third kappa shape index (κ3) is 16.8. The zero-order valence-corrected chi connectivity index (χ0v) is 17.6. The van der Waals surface area contributed by atoms with Crippen LogP contribution in [0.3, 0.4) is 0 Å². The summed E-state index contributed by atoms with van der Waals surface area (Å²) in [6.45, 7) is -2.75. The number of aliphatic carboxylic acids is 4. The number of hydrogen-bond acceptors (Lipinski definition) is 8. The van der Waals surface area contributed by atoms with E-state index in [2.05, 4.69) is 0 Å². The van der Waals surface area contributed by atoms with E-state index in [1.807, 2.05) is 0 Å². The van der Waals surface area contributed by atoms with Crippen LogP contribution in [-0.2, 0) is 19.2 Å². The van der Waals surface area contributed by atoms with Crippen LogP contribution >= 0.6 is 0 Å². The van der Waals surface area contributed by atoms with E-state index < -0.39 is 50.1 Å². The molecule has 2 N–H and O–H groups in total. The molecule has 0 radical (unpaired) electrons. The Hall–Kier alpha value is 0.436. The molecular weight excluding hydrogens is 338 g/mol. The van der Waals surface area contributed by atoms with Crippen molar-refractivity contribution < 1.29 is 121 Å². The molecule has 10 nitrogen and oxygen atoms in total. The van der Waals surface area contributed by atoms with Crippen LogP contribution in [0.2, 0.25) is 0 Å². The average Bonchev–Trinajstić information content (AvgIpc) is 2.22. The van der Waals surface area contributed by atoms with Gasteiger partial charge < -0.3 is 30.0 Å². The van der Waals surface area contributed by atoms with E-state index in [4.69, 9.17) is 10.2 Å². The summed E-state index contributed by atoms with van der Waals surface area (Å²) >= 11 is 0. The second-order valence-corrected chi connectivity index (χ2v) is 3.95. The molecule has 0 aromatic heterocycles. The molecule has 0 rings (SSSR count). The Morgan fingerprint density at radius 3 is 1.18 bits per heavy atom. The maximum atomic E-state index is 10.5. The van der Waals surface area contributed by atoms with E-state index in [-0.39, 0.29) is 94.0 Å². The third-order valence-corrected chi connectivity index (χ3v) is 2.16. The number of carbonyl (C=O) groups is 4. The fourth-order valence-corrected chi connectivity index (χ4v) is 1.46. The van der Waals surface area contributed by atoms with Crippen molar-refractivity contribution in [3.8, 4) is 0 Å². The van der Waals surface area contributed by atoms with Gasteiger partial charge in [-0.2, -0.15) is 0 Å². The van der Waals surface area contributed by atoms with Gasteiger partial charge in [-0.15, -0.1) is 0 Å². The molecule has 0 fully saturated rings. The van der Waals surface area contributed by atoms with Gasteiger partial charge in [0.25, 0.3) is 0 Å². The van der Waals surface area contributed by atoms with Crippen molar-refractivity contribution in [1.29, 1.82) is 0 Å². The predicted octanol–water partition coefficient (Wildman–Crippen LogP) is -10.7. The fraction of sp³-hybridized carbons (Fsp3) is 0.600. The van der Waals surface area contributed by atoms with Gasteiger partial charge in [0.15, 0.2) is 0 Å². The van der Waals surface area contributed by atoms with Gasteiger partial charge in [0.1, 0.15) is 0 Å². The smallest absolute Gasteiger partial charge is 0.549 e. The first-order valence-electron chi connectivity index (χ1n) is 5.48. The molecule has 0 aliphatic rings. The van der Waals surface area contributed by atoms with Gasteiger partial charge in [0, 0.05) is 26.2 Å². The van der Waals surface area contributed by atoms with Crippen LogP contribution in [0, 0.1) is 0 Å². The topological polar surface area (TPSA) is 161 Å². The van der Waals surface area contributed by atoms with Gasteiger partial charge in [-0.05, 0) is 0 Å². The second kappa shape index (κ2) is 15.0. The number of carboxylic acid groups (broad SMARTS) is 4. The fourth-order valence-electron chi connectivity index (χ4n) is 1.46. The second-order valence-electron chi connectivity index (χ2n) is 3.95. The zero-order chi connectivity index (χ0) is 15.7. The largest absolute Gasteiger partial charge is 1.00 e. The van der Waals surface area contributed by atoms with E-state index in [1.54, 1.807) is 0 Å². The van der Waals surface area contributed by atoms with Crippen molar-refractivity contribution in [3.05, 3.63) is 0 Å². The summed E-state index contributed by atoms with van der Waals surface area (Å²) in [4.78, 5) is 43.9. The molecule has 0 saturated carbocycles. The van der Waals surface area contributed by atoms with E-state index in [1.165, 1.54) is 0 Å². The van der Waals surface area contributed by atoms with Crippen LogP contribution in [0.15, 0.2) is 0 Å². The maximum Gasteiger partial charge on any atom is 1.00 e. The van der Waals surface area contributed by atoms with Crippen LogP contribution in [0.25, 0.3) is 0 Å². The van der Waals surface area contributed by atoms with Crippen molar-refractivity contribution in [2.75, 3.05) is 39.3 Å². The van der Waals surface area contributed by atoms with Gasteiger partial charge >= 0.3 is 92.9 Å². The van der Waals surface area contributed by atoms with Crippen LogP contribution in [0.5, 0.6) is 0 Å². The summed E-state index contributed by atoms with van der Waals surface area (Å²) in [6, 6.07) is 0. The summed E-state index contributed by atoms with van der Waals surface area (Å²) in [6.07, 6.45) is 0. The van der Waals surface area contributed by atoms with Gasteiger partial charge in [-0.3, -0.25) is 19.4 Å². The van der Waals surface area contributed by atoms with E-state index in [9.17, 15) is 29.4 Å². The van der Waals surface area contributed by atoms with E-state index in [0.29, 0.717) is 0 Å². The number of carbonyl (C=O) groups excluding carboxylic acids is 2. The molecule has 0 spiro atoms. The summed E-state index contributed by atoms with van der Waals surface area (Å²) in [5, 5.41) is 38.0. The Bertz CT molecular complexity index is 327. The first-order valence-corrected chi connectivity index (χ1v) is 5.48. The quantitative estimate of drug-likeness (QED) is 0.341. The first-order chi connectivity index (χ1) is 9.20. The van der Waals surface area contributed by atoms with Crippen molar-refractivity contribution >= 4 is 23.9 Å². The number of nitrogens with zero attached hydrogens (tertiary/aromatic N) is 2. The number of carboxylic acids is 4. The Morgan fingerprint density at radius 1 is 0.727 bits per heavy atom. The molecule has 0 bridgehead atoms. The molecule has 0 atom stereocenters. The van der Waals surface area contributed by atoms with Gasteiger partial charge in [-0.1, -0.05) is 0 Å². The van der Waals surface area contributed by atoms with Gasteiger partial charge in [0.2, 0.25) is 0 Å². The molecule has 0 heterocycles. The Balaban J connectivity index is -0.00000180. The molecule has 12 heteroatoms.